The first-order valence-corrected chi connectivity index (χ1v) is 6.42. The SMILES string of the molecule is CC(NC(=O)C1CC(O)CN1)c1ccccc1Cl.Cl. The van der Waals surface area contributed by atoms with E-state index in [9.17, 15) is 9.90 Å². The number of hydrogen-bond acceptors (Lipinski definition) is 3. The van der Waals surface area contributed by atoms with Gasteiger partial charge in [-0.05, 0) is 25.0 Å². The third-order valence-corrected chi connectivity index (χ3v) is 3.50. The summed E-state index contributed by atoms with van der Waals surface area (Å²) in [6, 6.07) is 6.98. The molecule has 1 fully saturated rings. The molecule has 1 heterocycles. The van der Waals surface area contributed by atoms with Crippen molar-refractivity contribution in [2.75, 3.05) is 6.54 Å². The predicted octanol–water partition coefficient (Wildman–Crippen LogP) is 1.66. The predicted molar refractivity (Wildman–Crippen MR) is 77.7 cm³/mol. The smallest absolute Gasteiger partial charge is 0.237 e. The maximum absolute atomic E-state index is 12.0. The van der Waals surface area contributed by atoms with Crippen molar-refractivity contribution in [2.45, 2.75) is 31.5 Å². The van der Waals surface area contributed by atoms with Crippen LogP contribution in [0.15, 0.2) is 24.3 Å². The van der Waals surface area contributed by atoms with Gasteiger partial charge in [-0.15, -0.1) is 12.4 Å². The lowest BCUT2D eigenvalue weighted by molar-refractivity contribution is -0.123. The molecule has 1 aliphatic rings. The molecule has 4 nitrogen and oxygen atoms in total. The Morgan fingerprint density at radius 1 is 1.53 bits per heavy atom. The fraction of sp³-hybridized carbons (Fsp3) is 0.462. The highest BCUT2D eigenvalue weighted by atomic mass is 35.5. The fourth-order valence-electron chi connectivity index (χ4n) is 2.13. The van der Waals surface area contributed by atoms with Crippen LogP contribution in [0.25, 0.3) is 0 Å². The maximum Gasteiger partial charge on any atom is 0.237 e. The van der Waals surface area contributed by atoms with Gasteiger partial charge in [0.05, 0.1) is 18.2 Å². The van der Waals surface area contributed by atoms with E-state index in [0.29, 0.717) is 18.0 Å². The van der Waals surface area contributed by atoms with Crippen molar-refractivity contribution in [3.63, 3.8) is 0 Å². The Morgan fingerprint density at radius 2 is 2.21 bits per heavy atom. The van der Waals surface area contributed by atoms with Crippen molar-refractivity contribution in [3.8, 4) is 0 Å². The zero-order valence-corrected chi connectivity index (χ0v) is 12.2. The average Bonchev–Trinajstić information content (AvgIpc) is 2.76. The van der Waals surface area contributed by atoms with E-state index in [1.54, 1.807) is 6.07 Å². The summed E-state index contributed by atoms with van der Waals surface area (Å²) in [4.78, 5) is 12.0. The van der Waals surface area contributed by atoms with Gasteiger partial charge in [-0.25, -0.2) is 0 Å². The van der Waals surface area contributed by atoms with Gasteiger partial charge in [0, 0.05) is 11.6 Å². The van der Waals surface area contributed by atoms with E-state index in [1.165, 1.54) is 0 Å². The molecule has 6 heteroatoms. The first-order valence-electron chi connectivity index (χ1n) is 6.04. The largest absolute Gasteiger partial charge is 0.392 e. The summed E-state index contributed by atoms with van der Waals surface area (Å²) >= 11 is 6.08. The fourth-order valence-corrected chi connectivity index (χ4v) is 2.43. The van der Waals surface area contributed by atoms with Crippen molar-refractivity contribution >= 4 is 29.9 Å². The molecule has 0 spiro atoms. The summed E-state index contributed by atoms with van der Waals surface area (Å²) in [6.07, 6.45) is 0.0255. The number of aliphatic hydroxyl groups is 1. The number of aliphatic hydroxyl groups excluding tert-OH is 1. The van der Waals surface area contributed by atoms with Crippen molar-refractivity contribution < 1.29 is 9.90 Å². The highest BCUT2D eigenvalue weighted by molar-refractivity contribution is 6.31. The minimum absolute atomic E-state index is 0. The first kappa shape index (κ1) is 16.2. The molecule has 19 heavy (non-hydrogen) atoms. The lowest BCUT2D eigenvalue weighted by Crippen LogP contribution is -2.41. The van der Waals surface area contributed by atoms with Crippen LogP contribution < -0.4 is 10.6 Å². The van der Waals surface area contributed by atoms with Crippen LogP contribution in [0.3, 0.4) is 0 Å². The second-order valence-corrected chi connectivity index (χ2v) is 5.01. The summed E-state index contributed by atoms with van der Waals surface area (Å²) in [5.74, 6) is -0.0982. The van der Waals surface area contributed by atoms with Crippen molar-refractivity contribution in [1.29, 1.82) is 0 Å². The molecule has 0 aromatic heterocycles. The molecule has 106 valence electrons. The molecule has 3 atom stereocenters. The van der Waals surface area contributed by atoms with Crippen LogP contribution in [-0.4, -0.2) is 29.7 Å². The van der Waals surface area contributed by atoms with Crippen LogP contribution in [0.4, 0.5) is 0 Å². The van der Waals surface area contributed by atoms with Crippen molar-refractivity contribution in [2.24, 2.45) is 0 Å². The lowest BCUT2D eigenvalue weighted by atomic mass is 10.1. The minimum atomic E-state index is -0.434. The minimum Gasteiger partial charge on any atom is -0.392 e. The number of hydrogen-bond donors (Lipinski definition) is 3. The summed E-state index contributed by atoms with van der Waals surface area (Å²) in [7, 11) is 0. The quantitative estimate of drug-likeness (QED) is 0.796. The number of β-amino-alcohol motifs (C(OH)–C–C–N with tert-alkyl or cyclic N) is 1. The van der Waals surface area contributed by atoms with E-state index in [4.69, 9.17) is 11.6 Å². The zero-order valence-electron chi connectivity index (χ0n) is 10.6. The third kappa shape index (κ3) is 4.08. The highest BCUT2D eigenvalue weighted by Gasteiger charge is 2.28. The zero-order chi connectivity index (χ0) is 13.1. The van der Waals surface area contributed by atoms with Gasteiger partial charge in [-0.3, -0.25) is 4.79 Å². The topological polar surface area (TPSA) is 61.4 Å². The van der Waals surface area contributed by atoms with E-state index in [0.717, 1.165) is 5.56 Å². The number of benzene rings is 1. The van der Waals surface area contributed by atoms with Crippen LogP contribution in [0, 0.1) is 0 Å². The Bertz CT molecular complexity index is 442. The molecule has 0 saturated carbocycles. The van der Waals surface area contributed by atoms with E-state index >= 15 is 0 Å². The molecule has 1 saturated heterocycles. The Kier molecular flexibility index (Phi) is 6.07. The van der Waals surface area contributed by atoms with Crippen LogP contribution in [0.1, 0.15) is 24.9 Å². The van der Waals surface area contributed by atoms with E-state index < -0.39 is 6.10 Å². The van der Waals surface area contributed by atoms with Crippen molar-refractivity contribution in [3.05, 3.63) is 34.9 Å². The third-order valence-electron chi connectivity index (χ3n) is 3.15. The van der Waals surface area contributed by atoms with Gasteiger partial charge in [-0.2, -0.15) is 0 Å². The lowest BCUT2D eigenvalue weighted by Gasteiger charge is -2.18. The highest BCUT2D eigenvalue weighted by Crippen LogP contribution is 2.22. The van der Waals surface area contributed by atoms with Gasteiger partial charge in [0.2, 0.25) is 5.91 Å². The second-order valence-electron chi connectivity index (χ2n) is 4.60. The number of amides is 1. The van der Waals surface area contributed by atoms with E-state index in [1.807, 2.05) is 25.1 Å². The van der Waals surface area contributed by atoms with Crippen LogP contribution in [0.5, 0.6) is 0 Å². The van der Waals surface area contributed by atoms with Gasteiger partial charge in [0.1, 0.15) is 0 Å². The van der Waals surface area contributed by atoms with Gasteiger partial charge < -0.3 is 15.7 Å². The summed E-state index contributed by atoms with van der Waals surface area (Å²) < 4.78 is 0. The molecule has 2 rings (SSSR count). The summed E-state index contributed by atoms with van der Waals surface area (Å²) in [6.45, 7) is 2.36. The molecule has 0 bridgehead atoms. The molecular weight excluding hydrogens is 287 g/mol. The summed E-state index contributed by atoms with van der Waals surface area (Å²) in [5.41, 5.74) is 0.895. The van der Waals surface area contributed by atoms with Crippen LogP contribution in [-0.2, 0) is 4.79 Å². The molecule has 1 aromatic rings. The molecule has 1 amide bonds. The number of carbonyl (C=O) groups excluding carboxylic acids is 1. The average molecular weight is 305 g/mol. The van der Waals surface area contributed by atoms with Crippen LogP contribution in [0.2, 0.25) is 5.02 Å². The Labute approximate surface area is 123 Å². The standard InChI is InChI=1S/C13H17ClN2O2.ClH/c1-8(10-4-2-3-5-11(10)14)16-13(18)12-6-9(17)7-15-12;/h2-5,8-9,12,15,17H,6-7H2,1H3,(H,16,18);1H. The first-order chi connectivity index (χ1) is 8.58. The second kappa shape index (κ2) is 7.10. The number of halogens is 2. The Hall–Kier alpha value is -0.810. The number of rotatable bonds is 3. The molecule has 1 aliphatic heterocycles. The van der Waals surface area contributed by atoms with Gasteiger partial charge >= 0.3 is 0 Å². The Morgan fingerprint density at radius 3 is 2.79 bits per heavy atom. The number of nitrogens with one attached hydrogen (secondary N) is 2. The monoisotopic (exact) mass is 304 g/mol. The molecule has 3 unspecified atom stereocenters. The molecule has 1 aromatic carbocycles. The molecule has 0 radical (unpaired) electrons. The molecular formula is C13H18Cl2N2O2. The van der Waals surface area contributed by atoms with E-state index in [2.05, 4.69) is 10.6 Å². The van der Waals surface area contributed by atoms with Gasteiger partial charge in [-0.1, -0.05) is 29.8 Å². The maximum atomic E-state index is 12.0. The van der Waals surface area contributed by atoms with Gasteiger partial charge in [0.25, 0.3) is 0 Å². The molecule has 0 aliphatic carbocycles. The Balaban J connectivity index is 0.00000180. The van der Waals surface area contributed by atoms with Crippen LogP contribution >= 0.6 is 24.0 Å². The normalized spacial score (nSPS) is 23.5. The van der Waals surface area contributed by atoms with E-state index in [-0.39, 0.29) is 30.4 Å². The number of carbonyl (C=O) groups is 1. The summed E-state index contributed by atoms with van der Waals surface area (Å²) in [5, 5.41) is 15.9. The van der Waals surface area contributed by atoms with Gasteiger partial charge in [0.15, 0.2) is 0 Å². The van der Waals surface area contributed by atoms with Crippen molar-refractivity contribution in [1.82, 2.24) is 10.6 Å². The molecule has 3 N–H and O–H groups in total.